The van der Waals surface area contributed by atoms with Crippen molar-refractivity contribution < 1.29 is 4.74 Å². The van der Waals surface area contributed by atoms with E-state index in [-0.39, 0.29) is 0 Å². The highest BCUT2D eigenvalue weighted by molar-refractivity contribution is 5.46. The van der Waals surface area contributed by atoms with Gasteiger partial charge >= 0.3 is 0 Å². The van der Waals surface area contributed by atoms with Gasteiger partial charge in [-0.3, -0.25) is 0 Å². The molecule has 0 aromatic heterocycles. The van der Waals surface area contributed by atoms with E-state index in [1.54, 1.807) is 0 Å². The Bertz CT molecular complexity index is 553. The van der Waals surface area contributed by atoms with E-state index >= 15 is 0 Å². The van der Waals surface area contributed by atoms with Crippen LogP contribution in [-0.2, 0) is 4.74 Å². The number of hydrogen-bond donors (Lipinski definition) is 0. The van der Waals surface area contributed by atoms with E-state index in [4.69, 9.17) is 4.74 Å². The lowest BCUT2D eigenvalue weighted by Gasteiger charge is -2.23. The van der Waals surface area contributed by atoms with E-state index < -0.39 is 0 Å². The van der Waals surface area contributed by atoms with Gasteiger partial charge in [-0.25, -0.2) is 0 Å². The lowest BCUT2D eigenvalue weighted by Crippen LogP contribution is -2.26. The molecule has 0 unspecified atom stereocenters. The van der Waals surface area contributed by atoms with Crippen LogP contribution >= 0.6 is 0 Å². The standard InChI is InChI=1S/C12H19NO.C12H19N/c1-3-13(10-11-14-4-2)12-8-6-5-7-9-12;1-3-10-13(11-4-2)12-8-6-5-7-9-12/h5-9H,3-4,10-11H2,1-2H3;5-9H,3-4,10-11H2,1-2H3. The number of benzene rings is 2. The van der Waals surface area contributed by atoms with Crippen LogP contribution in [0.4, 0.5) is 11.4 Å². The molecule has 0 saturated heterocycles. The van der Waals surface area contributed by atoms with Crippen molar-refractivity contribution in [1.29, 1.82) is 0 Å². The van der Waals surface area contributed by atoms with Gasteiger partial charge in [-0.2, -0.15) is 0 Å². The van der Waals surface area contributed by atoms with Gasteiger partial charge in [-0.15, -0.1) is 0 Å². The molecule has 0 aliphatic heterocycles. The van der Waals surface area contributed by atoms with Crippen molar-refractivity contribution in [3.05, 3.63) is 60.7 Å². The Hall–Kier alpha value is -2.00. The van der Waals surface area contributed by atoms with Crippen molar-refractivity contribution in [2.45, 2.75) is 40.5 Å². The van der Waals surface area contributed by atoms with Crippen LogP contribution in [0.2, 0.25) is 0 Å². The predicted octanol–water partition coefficient (Wildman–Crippen LogP) is 5.86. The summed E-state index contributed by atoms with van der Waals surface area (Å²) in [5.74, 6) is 0. The summed E-state index contributed by atoms with van der Waals surface area (Å²) in [7, 11) is 0. The third kappa shape index (κ3) is 9.48. The second-order valence-corrected chi connectivity index (χ2v) is 6.43. The Labute approximate surface area is 167 Å². The van der Waals surface area contributed by atoms with Crippen molar-refractivity contribution >= 4 is 11.4 Å². The molecule has 0 amide bonds. The molecule has 2 aromatic rings. The van der Waals surface area contributed by atoms with Crippen LogP contribution in [0.25, 0.3) is 0 Å². The zero-order valence-corrected chi connectivity index (χ0v) is 17.7. The average Bonchev–Trinajstić information content (AvgIpc) is 2.73. The molecule has 0 spiro atoms. The number of rotatable bonds is 11. The summed E-state index contributed by atoms with van der Waals surface area (Å²) in [6, 6.07) is 21.1. The minimum atomic E-state index is 0.798. The molecule has 0 fully saturated rings. The van der Waals surface area contributed by atoms with Gasteiger partial charge < -0.3 is 14.5 Å². The first-order valence-corrected chi connectivity index (χ1v) is 10.4. The highest BCUT2D eigenvalue weighted by Crippen LogP contribution is 2.13. The molecule has 0 radical (unpaired) electrons. The van der Waals surface area contributed by atoms with Gasteiger partial charge in [0.2, 0.25) is 0 Å². The van der Waals surface area contributed by atoms with Crippen LogP contribution < -0.4 is 9.80 Å². The molecule has 0 bridgehead atoms. The largest absolute Gasteiger partial charge is 0.380 e. The molecular formula is C24H38N2O. The number of nitrogens with zero attached hydrogens (tertiary/aromatic N) is 2. The summed E-state index contributed by atoms with van der Waals surface area (Å²) >= 11 is 0. The fourth-order valence-electron chi connectivity index (χ4n) is 2.98. The molecule has 3 nitrogen and oxygen atoms in total. The van der Waals surface area contributed by atoms with Gasteiger partial charge in [0.1, 0.15) is 0 Å². The summed E-state index contributed by atoms with van der Waals surface area (Å²) in [5.41, 5.74) is 2.63. The van der Waals surface area contributed by atoms with Gasteiger partial charge in [-0.1, -0.05) is 50.2 Å². The van der Waals surface area contributed by atoms with E-state index in [1.807, 2.05) is 13.0 Å². The van der Waals surface area contributed by atoms with Crippen molar-refractivity contribution in [2.24, 2.45) is 0 Å². The summed E-state index contributed by atoms with van der Waals surface area (Å²) in [6.07, 6.45) is 2.43. The molecule has 0 saturated carbocycles. The fourth-order valence-corrected chi connectivity index (χ4v) is 2.98. The topological polar surface area (TPSA) is 15.7 Å². The molecule has 0 N–H and O–H groups in total. The van der Waals surface area contributed by atoms with Crippen molar-refractivity contribution in [3.63, 3.8) is 0 Å². The van der Waals surface area contributed by atoms with Gasteiger partial charge in [0.05, 0.1) is 6.61 Å². The van der Waals surface area contributed by atoms with Crippen molar-refractivity contribution in [2.75, 3.05) is 49.2 Å². The van der Waals surface area contributed by atoms with Crippen LogP contribution in [0.3, 0.4) is 0 Å². The van der Waals surface area contributed by atoms with E-state index in [9.17, 15) is 0 Å². The van der Waals surface area contributed by atoms with Crippen LogP contribution in [0, 0.1) is 0 Å². The highest BCUT2D eigenvalue weighted by atomic mass is 16.5. The minimum absolute atomic E-state index is 0.798. The first kappa shape index (κ1) is 23.0. The quantitative estimate of drug-likeness (QED) is 0.461. The monoisotopic (exact) mass is 370 g/mol. The summed E-state index contributed by atoms with van der Waals surface area (Å²) in [6.45, 7) is 14.6. The molecule has 0 aliphatic carbocycles. The first-order chi connectivity index (χ1) is 13.3. The third-order valence-corrected chi connectivity index (χ3v) is 4.32. The lowest BCUT2D eigenvalue weighted by molar-refractivity contribution is 0.154. The maximum absolute atomic E-state index is 5.35. The Morgan fingerprint density at radius 3 is 1.52 bits per heavy atom. The molecule has 2 rings (SSSR count). The maximum Gasteiger partial charge on any atom is 0.0641 e. The summed E-state index contributed by atoms with van der Waals surface area (Å²) in [4.78, 5) is 4.76. The summed E-state index contributed by atoms with van der Waals surface area (Å²) < 4.78 is 5.35. The predicted molar refractivity (Wildman–Crippen MR) is 120 cm³/mol. The lowest BCUT2D eigenvalue weighted by atomic mass is 10.2. The maximum atomic E-state index is 5.35. The number of para-hydroxylation sites is 2. The van der Waals surface area contributed by atoms with Crippen LogP contribution in [0.15, 0.2) is 60.7 Å². The molecule has 2 aromatic carbocycles. The van der Waals surface area contributed by atoms with Crippen molar-refractivity contribution in [3.8, 4) is 0 Å². The minimum Gasteiger partial charge on any atom is -0.380 e. The second-order valence-electron chi connectivity index (χ2n) is 6.43. The van der Waals surface area contributed by atoms with E-state index in [1.165, 1.54) is 24.2 Å². The SMILES string of the molecule is CCCN(CCC)c1ccccc1.CCOCCN(CC)c1ccccc1. The highest BCUT2D eigenvalue weighted by Gasteiger charge is 2.02. The number of anilines is 2. The van der Waals surface area contributed by atoms with Gasteiger partial charge in [0.25, 0.3) is 0 Å². The van der Waals surface area contributed by atoms with Gasteiger partial charge in [0, 0.05) is 44.2 Å². The van der Waals surface area contributed by atoms with E-state index in [2.05, 4.69) is 85.2 Å². The fraction of sp³-hybridized carbons (Fsp3) is 0.500. The first-order valence-electron chi connectivity index (χ1n) is 10.4. The molecule has 27 heavy (non-hydrogen) atoms. The Morgan fingerprint density at radius 2 is 1.11 bits per heavy atom. The van der Waals surface area contributed by atoms with Crippen molar-refractivity contribution in [1.82, 2.24) is 0 Å². The van der Waals surface area contributed by atoms with Crippen LogP contribution in [-0.4, -0.2) is 39.4 Å². The molecule has 150 valence electrons. The Balaban J connectivity index is 0.000000271. The molecular weight excluding hydrogens is 332 g/mol. The van der Waals surface area contributed by atoms with Crippen LogP contribution in [0.5, 0.6) is 0 Å². The number of hydrogen-bond acceptors (Lipinski definition) is 3. The van der Waals surface area contributed by atoms with Crippen LogP contribution in [0.1, 0.15) is 40.5 Å². The third-order valence-electron chi connectivity index (χ3n) is 4.32. The molecule has 0 heterocycles. The number of ether oxygens (including phenoxy) is 1. The second kappa shape index (κ2) is 15.1. The number of likely N-dealkylation sites (N-methyl/N-ethyl adjacent to an activating group) is 1. The molecule has 0 aliphatic rings. The molecule has 0 atom stereocenters. The normalized spacial score (nSPS) is 10.1. The zero-order chi connectivity index (χ0) is 19.7. The van der Waals surface area contributed by atoms with E-state index in [0.29, 0.717) is 0 Å². The average molecular weight is 371 g/mol. The zero-order valence-electron chi connectivity index (χ0n) is 17.7. The van der Waals surface area contributed by atoms with Gasteiger partial charge in [-0.05, 0) is 51.0 Å². The Kier molecular flexibility index (Phi) is 12.9. The van der Waals surface area contributed by atoms with Gasteiger partial charge in [0.15, 0.2) is 0 Å². The molecule has 3 heteroatoms. The smallest absolute Gasteiger partial charge is 0.0641 e. The Morgan fingerprint density at radius 1 is 0.630 bits per heavy atom. The van der Waals surface area contributed by atoms with E-state index in [0.717, 1.165) is 39.4 Å². The summed E-state index contributed by atoms with van der Waals surface area (Å²) in [5, 5.41) is 0.